The van der Waals surface area contributed by atoms with Crippen molar-refractivity contribution in [1.82, 2.24) is 0 Å². The molecule has 0 spiro atoms. The summed E-state index contributed by atoms with van der Waals surface area (Å²) in [6.07, 6.45) is 0.190. The molecule has 1 saturated heterocycles. The van der Waals surface area contributed by atoms with Crippen molar-refractivity contribution in [2.24, 2.45) is 4.99 Å². The van der Waals surface area contributed by atoms with Gasteiger partial charge in [-0.15, -0.1) is 0 Å². The van der Waals surface area contributed by atoms with E-state index in [1.165, 1.54) is 33.6 Å². The van der Waals surface area contributed by atoms with Crippen molar-refractivity contribution in [1.29, 1.82) is 0 Å². The zero-order chi connectivity index (χ0) is 21.7. The van der Waals surface area contributed by atoms with Crippen LogP contribution in [-0.4, -0.2) is 40.6 Å². The van der Waals surface area contributed by atoms with E-state index in [1.54, 1.807) is 12.1 Å². The lowest BCUT2D eigenvalue weighted by Gasteiger charge is -2.30. The maximum atomic E-state index is 13.3. The van der Waals surface area contributed by atoms with Crippen molar-refractivity contribution >= 4 is 17.6 Å². The van der Waals surface area contributed by atoms with Crippen LogP contribution in [-0.2, 0) is 6.18 Å². The Labute approximate surface area is 174 Å². The monoisotopic (exact) mass is 422 g/mol. The van der Waals surface area contributed by atoms with Crippen LogP contribution in [0.1, 0.15) is 30.4 Å². The Bertz CT molecular complexity index is 907. The molecule has 0 radical (unpaired) electrons. The molecular formula is C22H25F3N2O3. The van der Waals surface area contributed by atoms with E-state index in [9.17, 15) is 13.2 Å². The van der Waals surface area contributed by atoms with Crippen molar-refractivity contribution in [2.45, 2.75) is 25.4 Å². The number of alkyl halides is 3. The number of piperidine rings is 1. The molecule has 0 aromatic heterocycles. The van der Waals surface area contributed by atoms with E-state index in [0.29, 0.717) is 28.5 Å². The molecule has 5 nitrogen and oxygen atoms in total. The van der Waals surface area contributed by atoms with Gasteiger partial charge in [0.25, 0.3) is 0 Å². The second-order valence-corrected chi connectivity index (χ2v) is 6.96. The van der Waals surface area contributed by atoms with Gasteiger partial charge in [-0.05, 0) is 43.5 Å². The highest BCUT2D eigenvalue weighted by atomic mass is 19.4. The van der Waals surface area contributed by atoms with Gasteiger partial charge in [-0.3, -0.25) is 4.99 Å². The first-order valence-electron chi connectivity index (χ1n) is 9.67. The largest absolute Gasteiger partial charge is 0.496 e. The third kappa shape index (κ3) is 4.80. The van der Waals surface area contributed by atoms with Gasteiger partial charge in [0, 0.05) is 30.9 Å². The summed E-state index contributed by atoms with van der Waals surface area (Å²) < 4.78 is 55.8. The normalized spacial score (nSPS) is 14.8. The number of ether oxygens (including phenoxy) is 3. The van der Waals surface area contributed by atoms with Crippen LogP contribution in [0.3, 0.4) is 0 Å². The highest BCUT2D eigenvalue weighted by molar-refractivity contribution is 5.88. The smallest absolute Gasteiger partial charge is 0.416 e. The molecule has 1 aliphatic heterocycles. The lowest BCUT2D eigenvalue weighted by Crippen LogP contribution is -2.29. The summed E-state index contributed by atoms with van der Waals surface area (Å²) in [5.74, 6) is 1.43. The molecule has 0 unspecified atom stereocenters. The zero-order valence-corrected chi connectivity index (χ0v) is 17.3. The highest BCUT2D eigenvalue weighted by Crippen LogP contribution is 2.38. The van der Waals surface area contributed by atoms with Crippen molar-refractivity contribution in [2.75, 3.05) is 39.3 Å². The molecule has 0 bridgehead atoms. The summed E-state index contributed by atoms with van der Waals surface area (Å²) >= 11 is 0. The molecule has 1 aliphatic rings. The lowest BCUT2D eigenvalue weighted by atomic mass is 10.1. The van der Waals surface area contributed by atoms with E-state index >= 15 is 0 Å². The van der Waals surface area contributed by atoms with Crippen LogP contribution in [0.5, 0.6) is 17.2 Å². The Hall–Kier alpha value is -2.90. The van der Waals surface area contributed by atoms with Crippen molar-refractivity contribution in [3.63, 3.8) is 0 Å². The molecule has 1 fully saturated rings. The second-order valence-electron chi connectivity index (χ2n) is 6.96. The molecule has 2 aromatic carbocycles. The molecule has 1 heterocycles. The van der Waals surface area contributed by atoms with Crippen LogP contribution >= 0.6 is 0 Å². The number of halogens is 3. The summed E-state index contributed by atoms with van der Waals surface area (Å²) in [7, 11) is 4.52. The van der Waals surface area contributed by atoms with Gasteiger partial charge in [-0.25, -0.2) is 0 Å². The minimum atomic E-state index is -4.44. The summed E-state index contributed by atoms with van der Waals surface area (Å²) in [6, 6.07) is 7.04. The Morgan fingerprint density at radius 3 is 2.10 bits per heavy atom. The topological polar surface area (TPSA) is 43.3 Å². The molecule has 162 valence electrons. The summed E-state index contributed by atoms with van der Waals surface area (Å²) in [5, 5.41) is 0. The second kappa shape index (κ2) is 9.28. The van der Waals surface area contributed by atoms with Gasteiger partial charge < -0.3 is 19.1 Å². The predicted molar refractivity (Wildman–Crippen MR) is 111 cm³/mol. The van der Waals surface area contributed by atoms with E-state index in [0.717, 1.165) is 44.5 Å². The Morgan fingerprint density at radius 2 is 1.50 bits per heavy atom. The first-order valence-corrected chi connectivity index (χ1v) is 9.67. The Balaban J connectivity index is 2.04. The standard InChI is InChI=1S/C22H25F3N2O3/c1-28-19-13-21(30-3)20(29-2)11-15(19)14-26-17-12-16(22(23,24)25)7-8-18(17)27-9-5-4-6-10-27/h7-8,11-14H,4-6,9-10H2,1-3H3. The average molecular weight is 422 g/mol. The van der Waals surface area contributed by atoms with E-state index in [-0.39, 0.29) is 5.69 Å². The number of aliphatic imine (C=N–C) groups is 1. The van der Waals surface area contributed by atoms with Gasteiger partial charge in [-0.1, -0.05) is 0 Å². The van der Waals surface area contributed by atoms with Crippen LogP contribution in [0.2, 0.25) is 0 Å². The number of anilines is 1. The van der Waals surface area contributed by atoms with Gasteiger partial charge in [0.15, 0.2) is 11.5 Å². The van der Waals surface area contributed by atoms with Crippen molar-refractivity contribution < 1.29 is 27.4 Å². The average Bonchev–Trinajstić information content (AvgIpc) is 2.76. The third-order valence-electron chi connectivity index (χ3n) is 5.08. The fourth-order valence-corrected chi connectivity index (χ4v) is 3.50. The van der Waals surface area contributed by atoms with Crippen molar-refractivity contribution in [3.8, 4) is 17.2 Å². The maximum Gasteiger partial charge on any atom is 0.416 e. The van der Waals surface area contributed by atoms with Gasteiger partial charge in [0.2, 0.25) is 0 Å². The molecule has 3 rings (SSSR count). The minimum Gasteiger partial charge on any atom is -0.496 e. The highest BCUT2D eigenvalue weighted by Gasteiger charge is 2.31. The number of rotatable bonds is 6. The predicted octanol–water partition coefficient (Wildman–Crippen LogP) is 5.47. The van der Waals surface area contributed by atoms with Crippen LogP contribution in [0, 0.1) is 0 Å². The molecule has 2 aromatic rings. The molecule has 30 heavy (non-hydrogen) atoms. The van der Waals surface area contributed by atoms with Gasteiger partial charge >= 0.3 is 6.18 Å². The summed E-state index contributed by atoms with van der Waals surface area (Å²) in [4.78, 5) is 6.51. The van der Waals surface area contributed by atoms with Gasteiger partial charge in [0.1, 0.15) is 5.75 Å². The zero-order valence-electron chi connectivity index (χ0n) is 17.3. The summed E-state index contributed by atoms with van der Waals surface area (Å²) in [5.41, 5.74) is 0.800. The Morgan fingerprint density at radius 1 is 0.867 bits per heavy atom. The number of hydrogen-bond donors (Lipinski definition) is 0. The fraction of sp³-hybridized carbons (Fsp3) is 0.409. The van der Waals surface area contributed by atoms with Crippen LogP contribution in [0.25, 0.3) is 0 Å². The molecule has 0 N–H and O–H groups in total. The molecule has 0 saturated carbocycles. The van der Waals surface area contributed by atoms with Gasteiger partial charge in [-0.2, -0.15) is 13.2 Å². The molecule has 8 heteroatoms. The Kier molecular flexibility index (Phi) is 6.74. The number of benzene rings is 2. The fourth-order valence-electron chi connectivity index (χ4n) is 3.50. The SMILES string of the molecule is COc1cc(OC)c(OC)cc1C=Nc1cc(C(F)(F)F)ccc1N1CCCCC1. The lowest BCUT2D eigenvalue weighted by molar-refractivity contribution is -0.137. The number of hydrogen-bond acceptors (Lipinski definition) is 5. The third-order valence-corrected chi connectivity index (χ3v) is 5.08. The van der Waals surface area contributed by atoms with E-state index < -0.39 is 11.7 Å². The first kappa shape index (κ1) is 21.8. The molecule has 0 atom stereocenters. The number of methoxy groups -OCH3 is 3. The van der Waals surface area contributed by atoms with Crippen LogP contribution in [0.4, 0.5) is 24.5 Å². The number of nitrogens with zero attached hydrogens (tertiary/aromatic N) is 2. The first-order chi connectivity index (χ1) is 14.4. The van der Waals surface area contributed by atoms with Crippen LogP contribution < -0.4 is 19.1 Å². The van der Waals surface area contributed by atoms with E-state index in [2.05, 4.69) is 9.89 Å². The van der Waals surface area contributed by atoms with Gasteiger partial charge in [0.05, 0.1) is 38.3 Å². The summed E-state index contributed by atoms with van der Waals surface area (Å²) in [6.45, 7) is 1.60. The molecule has 0 aliphatic carbocycles. The molecular weight excluding hydrogens is 397 g/mol. The van der Waals surface area contributed by atoms with Crippen molar-refractivity contribution in [3.05, 3.63) is 41.5 Å². The molecule has 0 amide bonds. The van der Waals surface area contributed by atoms with Crippen LogP contribution in [0.15, 0.2) is 35.3 Å². The van der Waals surface area contributed by atoms with E-state index in [1.807, 2.05) is 0 Å². The quantitative estimate of drug-likeness (QED) is 0.579. The maximum absolute atomic E-state index is 13.3. The minimum absolute atomic E-state index is 0.267. The van der Waals surface area contributed by atoms with E-state index in [4.69, 9.17) is 14.2 Å².